The van der Waals surface area contributed by atoms with Crippen LogP contribution in [0.5, 0.6) is 11.5 Å². The summed E-state index contributed by atoms with van der Waals surface area (Å²) in [4.78, 5) is 23.6. The number of rotatable bonds is 6. The first-order valence-corrected chi connectivity index (χ1v) is 6.48. The van der Waals surface area contributed by atoms with Crippen molar-refractivity contribution in [3.63, 3.8) is 0 Å². The molecule has 1 rings (SSSR count). The Labute approximate surface area is 123 Å². The third-order valence-corrected chi connectivity index (χ3v) is 2.66. The van der Waals surface area contributed by atoms with E-state index in [2.05, 4.69) is 10.6 Å². The van der Waals surface area contributed by atoms with E-state index in [1.165, 1.54) is 26.4 Å². The summed E-state index contributed by atoms with van der Waals surface area (Å²) in [6.45, 7) is 3.56. The van der Waals surface area contributed by atoms with E-state index in [0.29, 0.717) is 11.5 Å². The SMILES string of the molecule is COc1cc(N)c(C(=O)NCC(=O)NC(C)C)cc1OC. The Balaban J connectivity index is 2.81. The van der Waals surface area contributed by atoms with Crippen molar-refractivity contribution in [2.45, 2.75) is 19.9 Å². The van der Waals surface area contributed by atoms with Crippen molar-refractivity contribution in [2.24, 2.45) is 0 Å². The predicted octanol–water partition coefficient (Wildman–Crippen LogP) is 0.540. The molecule has 7 nitrogen and oxygen atoms in total. The van der Waals surface area contributed by atoms with Gasteiger partial charge in [-0.1, -0.05) is 0 Å². The van der Waals surface area contributed by atoms with Crippen LogP contribution in [0.3, 0.4) is 0 Å². The Morgan fingerprint density at radius 1 is 1.19 bits per heavy atom. The first-order valence-electron chi connectivity index (χ1n) is 6.48. The normalized spacial score (nSPS) is 10.1. The van der Waals surface area contributed by atoms with Crippen molar-refractivity contribution in [3.8, 4) is 11.5 Å². The molecule has 1 aromatic rings. The number of anilines is 1. The fraction of sp³-hybridized carbons (Fsp3) is 0.429. The van der Waals surface area contributed by atoms with Gasteiger partial charge in [0.1, 0.15) is 0 Å². The molecule has 0 saturated carbocycles. The summed E-state index contributed by atoms with van der Waals surface area (Å²) < 4.78 is 10.2. The third kappa shape index (κ3) is 4.55. The van der Waals surface area contributed by atoms with E-state index in [0.717, 1.165) is 0 Å². The Morgan fingerprint density at radius 2 is 1.76 bits per heavy atom. The Hall–Kier alpha value is -2.44. The van der Waals surface area contributed by atoms with Crippen molar-refractivity contribution in [1.29, 1.82) is 0 Å². The van der Waals surface area contributed by atoms with Crippen molar-refractivity contribution in [3.05, 3.63) is 17.7 Å². The van der Waals surface area contributed by atoms with Gasteiger partial charge in [0.25, 0.3) is 5.91 Å². The minimum atomic E-state index is -0.452. The van der Waals surface area contributed by atoms with Crippen LogP contribution in [0.2, 0.25) is 0 Å². The van der Waals surface area contributed by atoms with Crippen LogP contribution in [-0.2, 0) is 4.79 Å². The number of methoxy groups -OCH3 is 2. The van der Waals surface area contributed by atoms with Crippen LogP contribution >= 0.6 is 0 Å². The van der Waals surface area contributed by atoms with E-state index >= 15 is 0 Å². The van der Waals surface area contributed by atoms with Crippen molar-refractivity contribution in [2.75, 3.05) is 26.5 Å². The summed E-state index contributed by atoms with van der Waals surface area (Å²) in [5, 5.41) is 5.18. The van der Waals surface area contributed by atoms with Gasteiger partial charge in [0.2, 0.25) is 5.91 Å². The van der Waals surface area contributed by atoms with E-state index in [1.54, 1.807) is 0 Å². The van der Waals surface area contributed by atoms with Gasteiger partial charge < -0.3 is 25.8 Å². The van der Waals surface area contributed by atoms with Crippen LogP contribution < -0.4 is 25.8 Å². The van der Waals surface area contributed by atoms with Gasteiger partial charge in [0.05, 0.1) is 26.3 Å². The number of ether oxygens (including phenoxy) is 2. The van der Waals surface area contributed by atoms with E-state index in [9.17, 15) is 9.59 Å². The van der Waals surface area contributed by atoms with E-state index in [-0.39, 0.29) is 29.7 Å². The molecule has 4 N–H and O–H groups in total. The number of hydrogen-bond donors (Lipinski definition) is 3. The number of carbonyl (C=O) groups excluding carboxylic acids is 2. The average molecular weight is 295 g/mol. The topological polar surface area (TPSA) is 103 Å². The molecule has 0 aromatic heterocycles. The van der Waals surface area contributed by atoms with Crippen LogP contribution in [0.4, 0.5) is 5.69 Å². The summed E-state index contributed by atoms with van der Waals surface area (Å²) in [5.41, 5.74) is 6.28. The van der Waals surface area contributed by atoms with Crippen LogP contribution in [-0.4, -0.2) is 38.6 Å². The maximum absolute atomic E-state index is 12.1. The summed E-state index contributed by atoms with van der Waals surface area (Å²) in [6.07, 6.45) is 0. The summed E-state index contributed by atoms with van der Waals surface area (Å²) in [7, 11) is 2.94. The Bertz CT molecular complexity index is 529. The lowest BCUT2D eigenvalue weighted by Gasteiger charge is -2.13. The first kappa shape index (κ1) is 16.6. The molecular weight excluding hydrogens is 274 g/mol. The van der Waals surface area contributed by atoms with Crippen LogP contribution in [0, 0.1) is 0 Å². The largest absolute Gasteiger partial charge is 0.493 e. The fourth-order valence-corrected chi connectivity index (χ4v) is 1.72. The molecule has 0 heterocycles. The standard InChI is InChI=1S/C14H21N3O4/c1-8(2)17-13(18)7-16-14(19)9-5-11(20-3)12(21-4)6-10(9)15/h5-6,8H,7,15H2,1-4H3,(H,16,19)(H,17,18). The van der Waals surface area contributed by atoms with Gasteiger partial charge in [-0.15, -0.1) is 0 Å². The highest BCUT2D eigenvalue weighted by Gasteiger charge is 2.16. The molecule has 21 heavy (non-hydrogen) atoms. The first-order chi connectivity index (χ1) is 9.88. The van der Waals surface area contributed by atoms with Gasteiger partial charge in [0, 0.05) is 17.8 Å². The van der Waals surface area contributed by atoms with E-state index in [1.807, 2.05) is 13.8 Å². The molecule has 0 fully saturated rings. The zero-order chi connectivity index (χ0) is 16.0. The highest BCUT2D eigenvalue weighted by Crippen LogP contribution is 2.31. The molecular formula is C14H21N3O4. The second-order valence-corrected chi connectivity index (χ2v) is 4.70. The van der Waals surface area contributed by atoms with Gasteiger partial charge in [-0.25, -0.2) is 0 Å². The minimum absolute atomic E-state index is 0.0144. The average Bonchev–Trinajstić information content (AvgIpc) is 2.43. The molecule has 0 aliphatic carbocycles. The quantitative estimate of drug-likeness (QED) is 0.665. The Morgan fingerprint density at radius 3 is 2.29 bits per heavy atom. The zero-order valence-electron chi connectivity index (χ0n) is 12.6. The molecule has 2 amide bonds. The second-order valence-electron chi connectivity index (χ2n) is 4.70. The monoisotopic (exact) mass is 295 g/mol. The molecule has 116 valence electrons. The van der Waals surface area contributed by atoms with Gasteiger partial charge >= 0.3 is 0 Å². The lowest BCUT2D eigenvalue weighted by Crippen LogP contribution is -2.39. The van der Waals surface area contributed by atoms with Crippen molar-refractivity contribution in [1.82, 2.24) is 10.6 Å². The lowest BCUT2D eigenvalue weighted by molar-refractivity contribution is -0.120. The molecule has 0 spiro atoms. The fourth-order valence-electron chi connectivity index (χ4n) is 1.72. The number of hydrogen-bond acceptors (Lipinski definition) is 5. The Kier molecular flexibility index (Phi) is 5.83. The third-order valence-electron chi connectivity index (χ3n) is 2.66. The predicted molar refractivity (Wildman–Crippen MR) is 79.6 cm³/mol. The van der Waals surface area contributed by atoms with Crippen molar-refractivity contribution >= 4 is 17.5 Å². The number of benzene rings is 1. The van der Waals surface area contributed by atoms with Crippen molar-refractivity contribution < 1.29 is 19.1 Å². The lowest BCUT2D eigenvalue weighted by atomic mass is 10.1. The summed E-state index contributed by atoms with van der Waals surface area (Å²) >= 11 is 0. The van der Waals surface area contributed by atoms with Gasteiger partial charge in [-0.05, 0) is 19.9 Å². The van der Waals surface area contributed by atoms with Crippen LogP contribution in [0.1, 0.15) is 24.2 Å². The zero-order valence-corrected chi connectivity index (χ0v) is 12.6. The molecule has 0 bridgehead atoms. The minimum Gasteiger partial charge on any atom is -0.493 e. The molecule has 0 radical (unpaired) electrons. The van der Waals surface area contributed by atoms with Gasteiger partial charge in [-0.2, -0.15) is 0 Å². The number of nitrogen functional groups attached to an aromatic ring is 1. The number of amides is 2. The van der Waals surface area contributed by atoms with Gasteiger partial charge in [0.15, 0.2) is 11.5 Å². The number of nitrogens with two attached hydrogens (primary N) is 1. The molecule has 0 aliphatic heterocycles. The summed E-state index contributed by atoms with van der Waals surface area (Å²) in [6, 6.07) is 2.99. The van der Waals surface area contributed by atoms with Crippen LogP contribution in [0.15, 0.2) is 12.1 Å². The molecule has 7 heteroatoms. The molecule has 0 saturated heterocycles. The second kappa shape index (κ2) is 7.37. The highest BCUT2D eigenvalue weighted by molar-refractivity contribution is 6.01. The van der Waals surface area contributed by atoms with E-state index in [4.69, 9.17) is 15.2 Å². The maximum atomic E-state index is 12.1. The molecule has 0 unspecified atom stereocenters. The smallest absolute Gasteiger partial charge is 0.253 e. The van der Waals surface area contributed by atoms with Crippen LogP contribution in [0.25, 0.3) is 0 Å². The molecule has 0 aliphatic rings. The van der Waals surface area contributed by atoms with E-state index < -0.39 is 5.91 Å². The summed E-state index contributed by atoms with van der Waals surface area (Å²) in [5.74, 6) is 0.109. The molecule has 1 aromatic carbocycles. The molecule has 0 atom stereocenters. The van der Waals surface area contributed by atoms with Gasteiger partial charge in [-0.3, -0.25) is 9.59 Å². The highest BCUT2D eigenvalue weighted by atomic mass is 16.5. The maximum Gasteiger partial charge on any atom is 0.253 e. The number of carbonyl (C=O) groups is 2. The number of nitrogens with one attached hydrogen (secondary N) is 2.